The van der Waals surface area contributed by atoms with Gasteiger partial charge in [0.1, 0.15) is 0 Å². The van der Waals surface area contributed by atoms with Gasteiger partial charge in [-0.05, 0) is 51.1 Å². The van der Waals surface area contributed by atoms with E-state index >= 15 is 0 Å². The number of nitrogens with one attached hydrogen (secondary N) is 1. The maximum absolute atomic E-state index is 4.84. The first-order valence-electron chi connectivity index (χ1n) is 7.99. The van der Waals surface area contributed by atoms with E-state index in [9.17, 15) is 0 Å². The van der Waals surface area contributed by atoms with Crippen molar-refractivity contribution in [2.45, 2.75) is 52.1 Å². The largest absolute Gasteiger partial charge is 0.314 e. The molecule has 108 valence electrons. The third kappa shape index (κ3) is 2.59. The number of aryl methyl sites for hydroxylation is 1. The molecule has 1 N–H and O–H groups in total. The van der Waals surface area contributed by atoms with Crippen molar-refractivity contribution in [1.29, 1.82) is 0 Å². The van der Waals surface area contributed by atoms with Crippen molar-refractivity contribution in [2.75, 3.05) is 6.54 Å². The van der Waals surface area contributed by atoms with E-state index < -0.39 is 0 Å². The third-order valence-electron chi connectivity index (χ3n) is 4.55. The first-order chi connectivity index (χ1) is 9.81. The second-order valence-corrected chi connectivity index (χ2v) is 5.92. The minimum atomic E-state index is 0.726. The highest BCUT2D eigenvalue weighted by atomic mass is 15.3. The molecule has 1 aromatic heterocycles. The zero-order valence-electron chi connectivity index (χ0n) is 12.6. The molecule has 2 aromatic rings. The van der Waals surface area contributed by atoms with E-state index in [-0.39, 0.29) is 0 Å². The molecule has 3 heteroatoms. The Bertz CT molecular complexity index is 573. The first-order valence-corrected chi connectivity index (χ1v) is 7.99. The van der Waals surface area contributed by atoms with Crippen molar-refractivity contribution < 1.29 is 0 Å². The van der Waals surface area contributed by atoms with Crippen molar-refractivity contribution >= 4 is 10.9 Å². The maximum Gasteiger partial charge on any atom is 0.0706 e. The predicted molar refractivity (Wildman–Crippen MR) is 83.9 cm³/mol. The Hall–Kier alpha value is -1.35. The highest BCUT2D eigenvalue weighted by Gasteiger charge is 2.25. The van der Waals surface area contributed by atoms with Crippen molar-refractivity contribution in [3.63, 3.8) is 0 Å². The minimum absolute atomic E-state index is 0.726. The fourth-order valence-electron chi connectivity index (χ4n) is 3.60. The molecular formula is C17H25N3. The summed E-state index contributed by atoms with van der Waals surface area (Å²) in [7, 11) is 0. The van der Waals surface area contributed by atoms with Crippen molar-refractivity contribution in [3.8, 4) is 0 Å². The number of hydrogen-bond donors (Lipinski definition) is 1. The Kier molecular flexibility index (Phi) is 4.06. The van der Waals surface area contributed by atoms with Crippen LogP contribution < -0.4 is 5.32 Å². The summed E-state index contributed by atoms with van der Waals surface area (Å²) in [6, 6.07) is 9.37. The first kappa shape index (κ1) is 13.6. The molecule has 1 saturated carbocycles. The molecule has 3 nitrogen and oxygen atoms in total. The monoisotopic (exact) mass is 271 g/mol. The van der Waals surface area contributed by atoms with E-state index in [1.807, 2.05) is 0 Å². The van der Waals surface area contributed by atoms with Gasteiger partial charge < -0.3 is 5.32 Å². The quantitative estimate of drug-likeness (QED) is 0.903. The molecule has 0 amide bonds. The summed E-state index contributed by atoms with van der Waals surface area (Å²) in [6.45, 7) is 6.40. The van der Waals surface area contributed by atoms with Gasteiger partial charge in [0, 0.05) is 18.0 Å². The maximum atomic E-state index is 4.84. The molecule has 1 heterocycles. The van der Waals surface area contributed by atoms with Crippen LogP contribution in [0.5, 0.6) is 0 Å². The normalized spacial score (nSPS) is 22.7. The van der Waals surface area contributed by atoms with Crippen molar-refractivity contribution in [2.24, 2.45) is 5.92 Å². The molecule has 0 radical (unpaired) electrons. The van der Waals surface area contributed by atoms with Crippen LogP contribution in [-0.4, -0.2) is 22.4 Å². The number of para-hydroxylation sites is 1. The van der Waals surface area contributed by atoms with Crippen LogP contribution in [-0.2, 0) is 13.0 Å². The molecule has 0 spiro atoms. The number of nitrogens with zero attached hydrogens (tertiary/aromatic N) is 2. The molecule has 1 fully saturated rings. The third-order valence-corrected chi connectivity index (χ3v) is 4.55. The van der Waals surface area contributed by atoms with Crippen LogP contribution in [0.3, 0.4) is 0 Å². The van der Waals surface area contributed by atoms with Gasteiger partial charge in [-0.3, -0.25) is 4.68 Å². The van der Waals surface area contributed by atoms with Gasteiger partial charge in [0.2, 0.25) is 0 Å². The zero-order valence-corrected chi connectivity index (χ0v) is 12.6. The number of aromatic nitrogens is 2. The van der Waals surface area contributed by atoms with Crippen LogP contribution in [0.25, 0.3) is 10.9 Å². The molecule has 2 atom stereocenters. The fraction of sp³-hybridized carbons (Fsp3) is 0.588. The molecule has 3 rings (SSSR count). The number of benzene rings is 1. The average Bonchev–Trinajstić information content (AvgIpc) is 3.05. The molecule has 1 aliphatic rings. The van der Waals surface area contributed by atoms with E-state index in [0.717, 1.165) is 31.5 Å². The summed E-state index contributed by atoms with van der Waals surface area (Å²) >= 11 is 0. The lowest BCUT2D eigenvalue weighted by Gasteiger charge is -2.11. The lowest BCUT2D eigenvalue weighted by atomic mass is 9.99. The van der Waals surface area contributed by atoms with Crippen molar-refractivity contribution in [1.82, 2.24) is 15.1 Å². The summed E-state index contributed by atoms with van der Waals surface area (Å²) in [6.07, 6.45) is 5.10. The molecule has 0 saturated heterocycles. The van der Waals surface area contributed by atoms with Crippen LogP contribution in [0.15, 0.2) is 24.3 Å². The summed E-state index contributed by atoms with van der Waals surface area (Å²) in [4.78, 5) is 0. The van der Waals surface area contributed by atoms with Crippen LogP contribution in [0.2, 0.25) is 0 Å². The SMILES string of the molecule is CCNC1CCC(Cc2nn(CC)c3ccccc23)C1. The Labute approximate surface area is 121 Å². The van der Waals surface area contributed by atoms with Crippen LogP contribution in [0.4, 0.5) is 0 Å². The average molecular weight is 271 g/mol. The van der Waals surface area contributed by atoms with Gasteiger partial charge in [0.25, 0.3) is 0 Å². The van der Waals surface area contributed by atoms with Gasteiger partial charge in [-0.15, -0.1) is 0 Å². The van der Waals surface area contributed by atoms with E-state index in [1.165, 1.54) is 35.9 Å². The van der Waals surface area contributed by atoms with Gasteiger partial charge in [-0.1, -0.05) is 25.1 Å². The smallest absolute Gasteiger partial charge is 0.0706 e. The highest BCUT2D eigenvalue weighted by molar-refractivity contribution is 5.81. The van der Waals surface area contributed by atoms with Gasteiger partial charge in [0.15, 0.2) is 0 Å². The Morgan fingerprint density at radius 1 is 1.25 bits per heavy atom. The van der Waals surface area contributed by atoms with Gasteiger partial charge in [-0.2, -0.15) is 5.10 Å². The zero-order chi connectivity index (χ0) is 13.9. The molecule has 0 aliphatic heterocycles. The van der Waals surface area contributed by atoms with Crippen LogP contribution in [0.1, 0.15) is 38.8 Å². The molecule has 0 bridgehead atoms. The summed E-state index contributed by atoms with van der Waals surface area (Å²) in [5, 5.41) is 9.78. The molecular weight excluding hydrogens is 246 g/mol. The standard InChI is InChI=1S/C17H25N3/c1-3-18-14-10-9-13(11-14)12-16-15-7-5-6-8-17(15)20(4-2)19-16/h5-8,13-14,18H,3-4,9-12H2,1-2H3. The van der Waals surface area contributed by atoms with E-state index in [4.69, 9.17) is 5.10 Å². The van der Waals surface area contributed by atoms with Gasteiger partial charge >= 0.3 is 0 Å². The van der Waals surface area contributed by atoms with Crippen LogP contribution >= 0.6 is 0 Å². The molecule has 1 aromatic carbocycles. The topological polar surface area (TPSA) is 29.9 Å². The predicted octanol–water partition coefficient (Wildman–Crippen LogP) is 3.38. The molecule has 2 unspecified atom stereocenters. The molecule has 20 heavy (non-hydrogen) atoms. The lowest BCUT2D eigenvalue weighted by Crippen LogP contribution is -2.25. The highest BCUT2D eigenvalue weighted by Crippen LogP contribution is 2.30. The van der Waals surface area contributed by atoms with E-state index in [2.05, 4.69) is 48.1 Å². The van der Waals surface area contributed by atoms with E-state index in [0.29, 0.717) is 0 Å². The van der Waals surface area contributed by atoms with Crippen molar-refractivity contribution in [3.05, 3.63) is 30.0 Å². The Morgan fingerprint density at radius 3 is 2.90 bits per heavy atom. The number of hydrogen-bond acceptors (Lipinski definition) is 2. The Morgan fingerprint density at radius 2 is 2.10 bits per heavy atom. The van der Waals surface area contributed by atoms with Crippen LogP contribution in [0, 0.1) is 5.92 Å². The number of rotatable bonds is 5. The lowest BCUT2D eigenvalue weighted by molar-refractivity contribution is 0.488. The second-order valence-electron chi connectivity index (χ2n) is 5.92. The van der Waals surface area contributed by atoms with E-state index in [1.54, 1.807) is 0 Å². The van der Waals surface area contributed by atoms with Gasteiger partial charge in [-0.25, -0.2) is 0 Å². The summed E-state index contributed by atoms with van der Waals surface area (Å²) in [5.41, 5.74) is 2.58. The minimum Gasteiger partial charge on any atom is -0.314 e. The Balaban J connectivity index is 1.78. The second kappa shape index (κ2) is 5.96. The molecule has 1 aliphatic carbocycles. The summed E-state index contributed by atoms with van der Waals surface area (Å²) < 4.78 is 2.14. The fourth-order valence-corrected chi connectivity index (χ4v) is 3.60. The summed E-state index contributed by atoms with van der Waals surface area (Å²) in [5.74, 6) is 0.794. The number of fused-ring (bicyclic) bond motifs is 1. The van der Waals surface area contributed by atoms with Gasteiger partial charge in [0.05, 0.1) is 11.2 Å².